The van der Waals surface area contributed by atoms with Crippen molar-refractivity contribution in [2.75, 3.05) is 26.7 Å². The van der Waals surface area contributed by atoms with Crippen molar-refractivity contribution >= 4 is 11.9 Å². The number of rotatable bonds is 7. The molecule has 1 amide bonds. The highest BCUT2D eigenvalue weighted by molar-refractivity contribution is 5.83. The normalized spacial score (nSPS) is 19.7. The molecule has 1 heterocycles. The van der Waals surface area contributed by atoms with Crippen molar-refractivity contribution in [1.82, 2.24) is 10.6 Å². The van der Waals surface area contributed by atoms with E-state index in [0.717, 1.165) is 38.8 Å². The Morgan fingerprint density at radius 2 is 2.05 bits per heavy atom. The zero-order valence-corrected chi connectivity index (χ0v) is 11.7. The van der Waals surface area contributed by atoms with Crippen molar-refractivity contribution in [3.05, 3.63) is 0 Å². The molecule has 1 saturated heterocycles. The van der Waals surface area contributed by atoms with Crippen molar-refractivity contribution in [2.45, 2.75) is 38.7 Å². The van der Waals surface area contributed by atoms with Crippen LogP contribution in [0, 0.1) is 5.41 Å². The molecule has 1 aliphatic heterocycles. The van der Waals surface area contributed by atoms with Crippen LogP contribution in [0.15, 0.2) is 0 Å². The number of carboxylic acids is 1. The first-order chi connectivity index (χ1) is 9.05. The number of methoxy groups -OCH3 is 1. The summed E-state index contributed by atoms with van der Waals surface area (Å²) in [5, 5.41) is 14.9. The molecule has 0 spiro atoms. The summed E-state index contributed by atoms with van der Waals surface area (Å²) in [6, 6.07) is 0. The van der Waals surface area contributed by atoms with E-state index in [1.54, 1.807) is 0 Å². The van der Waals surface area contributed by atoms with Crippen molar-refractivity contribution < 1.29 is 19.4 Å². The quantitative estimate of drug-likeness (QED) is 0.623. The highest BCUT2D eigenvalue weighted by Crippen LogP contribution is 2.34. The first kappa shape index (κ1) is 15.9. The Kier molecular flexibility index (Phi) is 6.24. The lowest BCUT2D eigenvalue weighted by molar-refractivity contribution is -0.148. The smallest absolute Gasteiger partial charge is 0.334 e. The maximum absolute atomic E-state index is 12.4. The van der Waals surface area contributed by atoms with Gasteiger partial charge in [-0.05, 0) is 32.4 Å². The molecule has 0 saturated carbocycles. The topological polar surface area (TPSA) is 87.7 Å². The molecule has 1 aliphatic rings. The van der Waals surface area contributed by atoms with Gasteiger partial charge in [0, 0.05) is 7.11 Å². The fraction of sp³-hybridized carbons (Fsp3) is 0.846. The summed E-state index contributed by atoms with van der Waals surface area (Å²) in [5.41, 5.74) is -0.350. The van der Waals surface area contributed by atoms with Gasteiger partial charge in [-0.25, -0.2) is 4.79 Å². The molecule has 0 bridgehead atoms. The molecule has 6 heteroatoms. The second-order valence-corrected chi connectivity index (χ2v) is 5.05. The number of carboxylic acid groups (broad SMARTS) is 1. The third kappa shape index (κ3) is 4.18. The summed E-state index contributed by atoms with van der Waals surface area (Å²) in [6.07, 6.45) is 2.41. The third-order valence-electron chi connectivity index (χ3n) is 3.78. The van der Waals surface area contributed by atoms with Gasteiger partial charge >= 0.3 is 5.97 Å². The van der Waals surface area contributed by atoms with Crippen molar-refractivity contribution in [2.24, 2.45) is 5.41 Å². The fourth-order valence-electron chi connectivity index (χ4n) is 2.62. The van der Waals surface area contributed by atoms with E-state index in [9.17, 15) is 9.59 Å². The first-order valence-electron chi connectivity index (χ1n) is 6.80. The van der Waals surface area contributed by atoms with Crippen LogP contribution in [0.25, 0.3) is 0 Å². The molecule has 1 rings (SSSR count). The molecular weight excluding hydrogens is 248 g/mol. The van der Waals surface area contributed by atoms with E-state index in [1.165, 1.54) is 7.11 Å². The van der Waals surface area contributed by atoms with Crippen LogP contribution >= 0.6 is 0 Å². The molecular formula is C13H24N2O4. The summed E-state index contributed by atoms with van der Waals surface area (Å²) in [7, 11) is 1.33. The van der Waals surface area contributed by atoms with E-state index < -0.39 is 12.1 Å². The molecule has 19 heavy (non-hydrogen) atoms. The maximum Gasteiger partial charge on any atom is 0.334 e. The Hall–Kier alpha value is -1.14. The molecule has 6 nitrogen and oxygen atoms in total. The molecule has 3 N–H and O–H groups in total. The van der Waals surface area contributed by atoms with Gasteiger partial charge in [-0.2, -0.15) is 0 Å². The van der Waals surface area contributed by atoms with E-state index in [4.69, 9.17) is 9.84 Å². The van der Waals surface area contributed by atoms with Gasteiger partial charge < -0.3 is 20.5 Å². The summed E-state index contributed by atoms with van der Waals surface area (Å²) in [6.45, 7) is 3.75. The van der Waals surface area contributed by atoms with E-state index in [2.05, 4.69) is 17.6 Å². The van der Waals surface area contributed by atoms with Crippen molar-refractivity contribution in [3.63, 3.8) is 0 Å². The van der Waals surface area contributed by atoms with Gasteiger partial charge in [-0.3, -0.25) is 4.79 Å². The maximum atomic E-state index is 12.4. The molecule has 0 aromatic rings. The lowest BCUT2D eigenvalue weighted by Crippen LogP contribution is -2.50. The minimum absolute atomic E-state index is 0.0174. The molecule has 0 aromatic heterocycles. The van der Waals surface area contributed by atoms with Crippen LogP contribution in [0.3, 0.4) is 0 Å². The SMILES string of the molecule is CCCC1(C(=O)NCC(OC)C(=O)O)CCNCC1. The Balaban J connectivity index is 2.59. The van der Waals surface area contributed by atoms with Gasteiger partial charge in [-0.15, -0.1) is 0 Å². The van der Waals surface area contributed by atoms with Crippen LogP contribution in [0.2, 0.25) is 0 Å². The van der Waals surface area contributed by atoms with E-state index in [-0.39, 0.29) is 17.9 Å². The number of hydrogen-bond acceptors (Lipinski definition) is 4. The molecule has 0 aromatic carbocycles. The lowest BCUT2D eigenvalue weighted by Gasteiger charge is -2.36. The number of carbonyl (C=O) groups excluding carboxylic acids is 1. The third-order valence-corrected chi connectivity index (χ3v) is 3.78. The second-order valence-electron chi connectivity index (χ2n) is 5.05. The number of piperidine rings is 1. The van der Waals surface area contributed by atoms with Crippen LogP contribution in [-0.4, -0.2) is 49.8 Å². The summed E-state index contributed by atoms with van der Waals surface area (Å²) >= 11 is 0. The number of aliphatic carboxylic acids is 1. The molecule has 0 aliphatic carbocycles. The van der Waals surface area contributed by atoms with Gasteiger partial charge in [-0.1, -0.05) is 13.3 Å². The van der Waals surface area contributed by atoms with Gasteiger partial charge in [0.1, 0.15) is 0 Å². The first-order valence-corrected chi connectivity index (χ1v) is 6.80. The molecule has 1 atom stereocenters. The minimum atomic E-state index is -1.06. The zero-order chi connectivity index (χ0) is 14.3. The van der Waals surface area contributed by atoms with Gasteiger partial charge in [0.05, 0.1) is 12.0 Å². The largest absolute Gasteiger partial charge is 0.479 e. The Bertz CT molecular complexity index is 308. The van der Waals surface area contributed by atoms with E-state index >= 15 is 0 Å². The minimum Gasteiger partial charge on any atom is -0.479 e. The zero-order valence-electron chi connectivity index (χ0n) is 11.7. The van der Waals surface area contributed by atoms with Crippen molar-refractivity contribution in [1.29, 1.82) is 0 Å². The molecule has 1 unspecified atom stereocenters. The fourth-order valence-corrected chi connectivity index (χ4v) is 2.62. The molecule has 0 radical (unpaired) electrons. The Morgan fingerprint density at radius 3 is 2.53 bits per heavy atom. The van der Waals surface area contributed by atoms with Crippen LogP contribution in [0.4, 0.5) is 0 Å². The van der Waals surface area contributed by atoms with Gasteiger partial charge in [0.15, 0.2) is 6.10 Å². The van der Waals surface area contributed by atoms with Crippen molar-refractivity contribution in [3.8, 4) is 0 Å². The Morgan fingerprint density at radius 1 is 1.42 bits per heavy atom. The lowest BCUT2D eigenvalue weighted by atomic mass is 9.74. The van der Waals surface area contributed by atoms with Crippen LogP contribution in [0.1, 0.15) is 32.6 Å². The van der Waals surface area contributed by atoms with E-state index in [1.807, 2.05) is 0 Å². The van der Waals surface area contributed by atoms with Crippen LogP contribution < -0.4 is 10.6 Å². The molecule has 1 fully saturated rings. The average Bonchev–Trinajstić information content (AvgIpc) is 2.40. The number of hydrogen-bond donors (Lipinski definition) is 3. The predicted molar refractivity (Wildman–Crippen MR) is 70.9 cm³/mol. The highest BCUT2D eigenvalue weighted by atomic mass is 16.5. The predicted octanol–water partition coefficient (Wildman–Crippen LogP) is 0.372. The number of amides is 1. The van der Waals surface area contributed by atoms with Crippen LogP contribution in [-0.2, 0) is 14.3 Å². The number of carbonyl (C=O) groups is 2. The monoisotopic (exact) mass is 272 g/mol. The Labute approximate surface area is 113 Å². The second kappa shape index (κ2) is 7.45. The molecule has 110 valence electrons. The van der Waals surface area contributed by atoms with Gasteiger partial charge in [0.25, 0.3) is 0 Å². The van der Waals surface area contributed by atoms with E-state index in [0.29, 0.717) is 0 Å². The highest BCUT2D eigenvalue weighted by Gasteiger charge is 2.38. The summed E-state index contributed by atoms with van der Waals surface area (Å²) in [4.78, 5) is 23.2. The number of nitrogens with one attached hydrogen (secondary N) is 2. The van der Waals surface area contributed by atoms with Gasteiger partial charge in [0.2, 0.25) is 5.91 Å². The summed E-state index contributed by atoms with van der Waals surface area (Å²) < 4.78 is 4.82. The standard InChI is InChI=1S/C13H24N2O4/c1-3-4-13(5-7-14-8-6-13)12(18)15-9-10(19-2)11(16)17/h10,14H,3-9H2,1-2H3,(H,15,18)(H,16,17). The number of ether oxygens (including phenoxy) is 1. The average molecular weight is 272 g/mol. The summed E-state index contributed by atoms with van der Waals surface area (Å²) in [5.74, 6) is -1.10. The van der Waals surface area contributed by atoms with Crippen LogP contribution in [0.5, 0.6) is 0 Å².